The number of nitrogens with two attached hydrogens (primary N) is 2. The Morgan fingerprint density at radius 2 is 1.65 bits per heavy atom. The van der Waals surface area contributed by atoms with E-state index in [0.29, 0.717) is 25.4 Å². The maximum atomic E-state index is 13.5. The molecule has 0 aromatic carbocycles. The SMILES string of the molecule is CC(C)NC(=O)N1CCN(C(=O)C2CC[NH2+]CC2)[C@@H](C(=O)N[C@@H](CC2CCCCC2)C(N)=O)C1. The third kappa shape index (κ3) is 7.07. The predicted octanol–water partition coefficient (Wildman–Crippen LogP) is -0.469. The highest BCUT2D eigenvalue weighted by atomic mass is 16.2. The minimum atomic E-state index is -0.835. The molecule has 3 aliphatic rings. The molecule has 2 aliphatic heterocycles. The van der Waals surface area contributed by atoms with E-state index in [1.165, 1.54) is 6.42 Å². The second-order valence-corrected chi connectivity index (χ2v) is 10.4. The first-order chi connectivity index (χ1) is 16.3. The molecule has 6 N–H and O–H groups in total. The Bertz CT molecular complexity index is 733. The van der Waals surface area contributed by atoms with Gasteiger partial charge >= 0.3 is 6.03 Å². The van der Waals surface area contributed by atoms with Crippen LogP contribution in [-0.2, 0) is 14.4 Å². The van der Waals surface area contributed by atoms with E-state index in [9.17, 15) is 19.2 Å². The summed E-state index contributed by atoms with van der Waals surface area (Å²) in [5.41, 5.74) is 5.66. The first-order valence-electron chi connectivity index (χ1n) is 13.0. The average molecular weight is 480 g/mol. The number of piperazine rings is 1. The van der Waals surface area contributed by atoms with E-state index in [4.69, 9.17) is 5.73 Å². The number of rotatable bonds is 7. The third-order valence-electron chi connectivity index (χ3n) is 7.41. The summed E-state index contributed by atoms with van der Waals surface area (Å²) in [5, 5.41) is 7.92. The average Bonchev–Trinajstić information content (AvgIpc) is 2.83. The monoisotopic (exact) mass is 479 g/mol. The number of nitrogens with zero attached hydrogens (tertiary/aromatic N) is 2. The molecule has 0 aromatic rings. The molecule has 3 fully saturated rings. The molecule has 2 atom stereocenters. The highest BCUT2D eigenvalue weighted by molar-refractivity contribution is 5.93. The van der Waals surface area contributed by atoms with Crippen LogP contribution in [0.15, 0.2) is 0 Å². The number of amides is 5. The highest BCUT2D eigenvalue weighted by Gasteiger charge is 2.41. The van der Waals surface area contributed by atoms with Crippen LogP contribution in [0.2, 0.25) is 0 Å². The van der Waals surface area contributed by atoms with Gasteiger partial charge in [-0.2, -0.15) is 0 Å². The van der Waals surface area contributed by atoms with Crippen molar-refractivity contribution in [2.45, 2.75) is 83.3 Å². The molecular formula is C24H43N6O4+. The lowest BCUT2D eigenvalue weighted by Gasteiger charge is -2.42. The van der Waals surface area contributed by atoms with Crippen LogP contribution in [0.5, 0.6) is 0 Å². The zero-order chi connectivity index (χ0) is 24.7. The van der Waals surface area contributed by atoms with Crippen molar-refractivity contribution in [2.75, 3.05) is 32.7 Å². The van der Waals surface area contributed by atoms with Gasteiger partial charge in [0.2, 0.25) is 17.7 Å². The van der Waals surface area contributed by atoms with Gasteiger partial charge < -0.3 is 31.5 Å². The van der Waals surface area contributed by atoms with Crippen LogP contribution in [-0.4, -0.2) is 84.4 Å². The van der Waals surface area contributed by atoms with Crippen LogP contribution in [0.4, 0.5) is 4.79 Å². The predicted molar refractivity (Wildman–Crippen MR) is 127 cm³/mol. The van der Waals surface area contributed by atoms with Crippen molar-refractivity contribution in [1.29, 1.82) is 0 Å². The fourth-order valence-corrected chi connectivity index (χ4v) is 5.47. The van der Waals surface area contributed by atoms with Gasteiger partial charge in [0.15, 0.2) is 0 Å². The number of piperidine rings is 1. The lowest BCUT2D eigenvalue weighted by Crippen LogP contribution is -2.86. The number of quaternary nitrogens is 1. The quantitative estimate of drug-likeness (QED) is 0.392. The van der Waals surface area contributed by atoms with Gasteiger partial charge in [-0.25, -0.2) is 4.79 Å². The summed E-state index contributed by atoms with van der Waals surface area (Å²) in [4.78, 5) is 54.9. The lowest BCUT2D eigenvalue weighted by atomic mass is 9.84. The van der Waals surface area contributed by atoms with Crippen LogP contribution in [0, 0.1) is 11.8 Å². The lowest BCUT2D eigenvalue weighted by molar-refractivity contribution is -0.664. The van der Waals surface area contributed by atoms with Crippen molar-refractivity contribution in [1.82, 2.24) is 20.4 Å². The summed E-state index contributed by atoms with van der Waals surface area (Å²) in [7, 11) is 0. The molecular weight excluding hydrogens is 436 g/mol. The van der Waals surface area contributed by atoms with Crippen molar-refractivity contribution in [2.24, 2.45) is 17.6 Å². The molecule has 2 saturated heterocycles. The van der Waals surface area contributed by atoms with E-state index < -0.39 is 23.9 Å². The smallest absolute Gasteiger partial charge is 0.317 e. The Morgan fingerprint density at radius 1 is 0.971 bits per heavy atom. The van der Waals surface area contributed by atoms with Gasteiger partial charge in [-0.1, -0.05) is 32.1 Å². The Balaban J connectivity index is 1.73. The molecule has 10 heteroatoms. The minimum Gasteiger partial charge on any atom is -0.368 e. The molecule has 5 amide bonds. The molecule has 34 heavy (non-hydrogen) atoms. The molecule has 1 aliphatic carbocycles. The van der Waals surface area contributed by atoms with Gasteiger partial charge in [0.05, 0.1) is 19.6 Å². The summed E-state index contributed by atoms with van der Waals surface area (Å²) < 4.78 is 0. The fraction of sp³-hybridized carbons (Fsp3) is 0.833. The van der Waals surface area contributed by atoms with Crippen molar-refractivity contribution in [3.05, 3.63) is 0 Å². The number of primary amides is 1. The Hall–Kier alpha value is -2.36. The Morgan fingerprint density at radius 3 is 2.26 bits per heavy atom. The molecule has 0 spiro atoms. The normalized spacial score (nSPS) is 23.4. The van der Waals surface area contributed by atoms with Crippen LogP contribution >= 0.6 is 0 Å². The molecule has 1 saturated carbocycles. The van der Waals surface area contributed by atoms with Crippen molar-refractivity contribution >= 4 is 23.8 Å². The number of hydrogen-bond acceptors (Lipinski definition) is 4. The van der Waals surface area contributed by atoms with Crippen LogP contribution in [0.1, 0.15) is 65.2 Å². The van der Waals surface area contributed by atoms with Gasteiger partial charge in [-0.3, -0.25) is 14.4 Å². The zero-order valence-electron chi connectivity index (χ0n) is 20.8. The van der Waals surface area contributed by atoms with Crippen molar-refractivity contribution in [3.63, 3.8) is 0 Å². The van der Waals surface area contributed by atoms with E-state index in [1.54, 1.807) is 9.80 Å². The molecule has 0 unspecified atom stereocenters. The standard InChI is InChI=1S/C24H42N6O4/c1-16(2)27-24(34)29-12-13-30(23(33)18-8-10-26-11-9-18)20(15-29)22(32)28-19(21(25)31)14-17-6-4-3-5-7-17/h16-20,26H,3-15H2,1-2H3,(H2,25,31)(H,27,34)(H,28,32)/p+1/t19-,20+/m0/s1. The first-order valence-corrected chi connectivity index (χ1v) is 13.0. The largest absolute Gasteiger partial charge is 0.368 e. The fourth-order valence-electron chi connectivity index (χ4n) is 5.47. The van der Waals surface area contributed by atoms with Crippen molar-refractivity contribution in [3.8, 4) is 0 Å². The maximum Gasteiger partial charge on any atom is 0.317 e. The summed E-state index contributed by atoms with van der Waals surface area (Å²) >= 11 is 0. The number of urea groups is 1. The molecule has 192 valence electrons. The zero-order valence-corrected chi connectivity index (χ0v) is 20.8. The molecule has 3 rings (SSSR count). The number of hydrogen-bond donors (Lipinski definition) is 4. The number of nitrogens with one attached hydrogen (secondary N) is 2. The van der Waals surface area contributed by atoms with E-state index in [-0.39, 0.29) is 30.4 Å². The van der Waals surface area contributed by atoms with Crippen molar-refractivity contribution < 1.29 is 24.5 Å². The molecule has 0 bridgehead atoms. The third-order valence-corrected chi connectivity index (χ3v) is 7.41. The van der Waals surface area contributed by atoms with Crippen LogP contribution in [0.25, 0.3) is 0 Å². The second-order valence-electron chi connectivity index (χ2n) is 10.4. The van der Waals surface area contributed by atoms with E-state index in [2.05, 4.69) is 16.0 Å². The minimum absolute atomic E-state index is 0.0277. The maximum absolute atomic E-state index is 13.5. The molecule has 2 heterocycles. The molecule has 10 nitrogen and oxygen atoms in total. The van der Waals surface area contributed by atoms with Crippen LogP contribution < -0.4 is 21.7 Å². The van der Waals surface area contributed by atoms with Gasteiger partial charge in [0, 0.05) is 37.9 Å². The topological polar surface area (TPSA) is 141 Å². The van der Waals surface area contributed by atoms with Gasteiger partial charge in [-0.05, 0) is 26.2 Å². The summed E-state index contributed by atoms with van der Waals surface area (Å²) in [6.45, 7) is 6.32. The van der Waals surface area contributed by atoms with Crippen LogP contribution in [0.3, 0.4) is 0 Å². The number of carbonyl (C=O) groups excluding carboxylic acids is 4. The van der Waals surface area contributed by atoms with E-state index >= 15 is 0 Å². The highest BCUT2D eigenvalue weighted by Crippen LogP contribution is 2.27. The van der Waals surface area contributed by atoms with Gasteiger partial charge in [0.25, 0.3) is 0 Å². The van der Waals surface area contributed by atoms with Gasteiger partial charge in [-0.15, -0.1) is 0 Å². The first kappa shape index (κ1) is 26.2. The Labute approximate surface area is 202 Å². The van der Waals surface area contributed by atoms with Gasteiger partial charge in [0.1, 0.15) is 12.1 Å². The summed E-state index contributed by atoms with van der Waals surface area (Å²) in [6.07, 6.45) is 7.64. The van der Waals surface area contributed by atoms with E-state index in [1.807, 2.05) is 13.8 Å². The summed E-state index contributed by atoms with van der Waals surface area (Å²) in [5.74, 6) is -0.727. The molecule has 0 aromatic heterocycles. The molecule has 0 radical (unpaired) electrons. The van der Waals surface area contributed by atoms with E-state index in [0.717, 1.165) is 51.6 Å². The summed E-state index contributed by atoms with van der Waals surface area (Å²) in [6, 6.07) is -1.89. The Kier molecular flexibility index (Phi) is 9.55. The number of carbonyl (C=O) groups is 4. The second kappa shape index (κ2) is 12.4.